The molecule has 2 aliphatic rings. The van der Waals surface area contributed by atoms with Crippen LogP contribution in [0.1, 0.15) is 54.1 Å². The fraction of sp³-hybridized carbons (Fsp3) is 0.600. The maximum Gasteiger partial charge on any atom is 0.325 e. The number of nitrogens with zero attached hydrogens (tertiary/aromatic N) is 3. The zero-order valence-corrected chi connectivity index (χ0v) is 14.6. The highest BCUT2D eigenvalue weighted by Crippen LogP contribution is 2.39. The van der Waals surface area contributed by atoms with Gasteiger partial charge < -0.3 is 4.98 Å². The fourth-order valence-corrected chi connectivity index (χ4v) is 4.96. The highest BCUT2D eigenvalue weighted by Gasteiger charge is 2.34. The lowest BCUT2D eigenvalue weighted by atomic mass is 10.1. The lowest BCUT2D eigenvalue weighted by molar-refractivity contribution is 0.477. The van der Waals surface area contributed by atoms with Crippen molar-refractivity contribution in [2.24, 2.45) is 0 Å². The van der Waals surface area contributed by atoms with E-state index >= 15 is 0 Å². The van der Waals surface area contributed by atoms with E-state index in [4.69, 9.17) is 0 Å². The third-order valence-electron chi connectivity index (χ3n) is 4.80. The van der Waals surface area contributed by atoms with Crippen molar-refractivity contribution >= 4 is 9.84 Å². The molecule has 134 valence electrons. The van der Waals surface area contributed by atoms with E-state index in [2.05, 4.69) is 20.1 Å². The maximum absolute atomic E-state index is 12.1. The normalized spacial score (nSPS) is 22.4. The second kappa shape index (κ2) is 5.65. The lowest BCUT2D eigenvalue weighted by Gasteiger charge is -2.12. The van der Waals surface area contributed by atoms with Crippen LogP contribution >= 0.6 is 0 Å². The van der Waals surface area contributed by atoms with Gasteiger partial charge in [-0.2, -0.15) is 5.10 Å². The number of aromatic amines is 2. The highest BCUT2D eigenvalue weighted by molar-refractivity contribution is 7.91. The van der Waals surface area contributed by atoms with Crippen LogP contribution in [-0.4, -0.2) is 44.7 Å². The van der Waals surface area contributed by atoms with E-state index in [0.717, 1.165) is 18.7 Å². The second-order valence-electron chi connectivity index (χ2n) is 6.85. The van der Waals surface area contributed by atoms with Crippen LogP contribution in [0, 0.1) is 6.92 Å². The van der Waals surface area contributed by atoms with Crippen LogP contribution in [0.3, 0.4) is 0 Å². The Bertz CT molecular complexity index is 1040. The summed E-state index contributed by atoms with van der Waals surface area (Å²) in [6.45, 7) is 1.66. The topological polar surface area (TPSA) is 131 Å². The van der Waals surface area contributed by atoms with Crippen molar-refractivity contribution in [3.05, 3.63) is 43.7 Å². The van der Waals surface area contributed by atoms with Gasteiger partial charge in [0.1, 0.15) is 5.82 Å². The number of nitrogens with one attached hydrogen (secondary N) is 2. The SMILES string of the molecule is Cc1[nH]c(=O)[nH]c(=O)c1Cc1nc(C2CC2)nn1[C@@H]1CCS(=O)(=O)C1. The van der Waals surface area contributed by atoms with Gasteiger partial charge in [-0.15, -0.1) is 0 Å². The lowest BCUT2D eigenvalue weighted by Crippen LogP contribution is -2.28. The van der Waals surface area contributed by atoms with Crippen LogP contribution in [0.4, 0.5) is 0 Å². The third-order valence-corrected chi connectivity index (χ3v) is 6.56. The van der Waals surface area contributed by atoms with Crippen molar-refractivity contribution in [1.29, 1.82) is 0 Å². The molecule has 0 aromatic carbocycles. The summed E-state index contributed by atoms with van der Waals surface area (Å²) in [5.74, 6) is 1.82. The molecule has 1 aliphatic heterocycles. The second-order valence-corrected chi connectivity index (χ2v) is 9.08. The molecule has 10 heteroatoms. The van der Waals surface area contributed by atoms with Crippen molar-refractivity contribution in [2.45, 2.75) is 44.6 Å². The highest BCUT2D eigenvalue weighted by atomic mass is 32.2. The molecule has 1 saturated carbocycles. The molecular formula is C15H19N5O4S. The first-order valence-corrected chi connectivity index (χ1v) is 10.1. The monoisotopic (exact) mass is 365 g/mol. The van der Waals surface area contributed by atoms with Gasteiger partial charge in [0, 0.05) is 23.6 Å². The number of H-pyrrole nitrogens is 2. The van der Waals surface area contributed by atoms with Crippen LogP contribution in [0.2, 0.25) is 0 Å². The van der Waals surface area contributed by atoms with Gasteiger partial charge in [-0.05, 0) is 26.2 Å². The number of rotatable bonds is 4. The first kappa shape index (κ1) is 16.2. The van der Waals surface area contributed by atoms with Crippen LogP contribution in [0.5, 0.6) is 0 Å². The molecule has 0 bridgehead atoms. The Balaban J connectivity index is 1.74. The molecule has 0 unspecified atom stereocenters. The Labute approximate surface area is 143 Å². The molecule has 0 amide bonds. The molecule has 2 fully saturated rings. The summed E-state index contributed by atoms with van der Waals surface area (Å²) in [6.07, 6.45) is 2.77. The minimum Gasteiger partial charge on any atom is -0.311 e. The van der Waals surface area contributed by atoms with Gasteiger partial charge in [-0.3, -0.25) is 9.78 Å². The molecule has 2 aromatic rings. The number of aryl methyl sites for hydroxylation is 1. The Morgan fingerprint density at radius 1 is 1.20 bits per heavy atom. The first-order chi connectivity index (χ1) is 11.8. The minimum atomic E-state index is -3.05. The smallest absolute Gasteiger partial charge is 0.311 e. The summed E-state index contributed by atoms with van der Waals surface area (Å²) in [5.41, 5.74) is -0.108. The summed E-state index contributed by atoms with van der Waals surface area (Å²) in [5, 5.41) is 4.55. The van der Waals surface area contributed by atoms with E-state index in [0.29, 0.717) is 29.4 Å². The first-order valence-electron chi connectivity index (χ1n) is 8.30. The van der Waals surface area contributed by atoms with Crippen molar-refractivity contribution in [2.75, 3.05) is 11.5 Å². The summed E-state index contributed by atoms with van der Waals surface area (Å²) in [4.78, 5) is 32.9. The fourth-order valence-electron chi connectivity index (χ4n) is 3.27. The maximum atomic E-state index is 12.1. The average molecular weight is 365 g/mol. The van der Waals surface area contributed by atoms with Crippen LogP contribution < -0.4 is 11.2 Å². The molecule has 1 atom stereocenters. The van der Waals surface area contributed by atoms with Gasteiger partial charge in [0.05, 0.1) is 17.5 Å². The summed E-state index contributed by atoms with van der Waals surface area (Å²) < 4.78 is 25.3. The van der Waals surface area contributed by atoms with E-state index < -0.39 is 21.1 Å². The third kappa shape index (κ3) is 3.17. The summed E-state index contributed by atoms with van der Waals surface area (Å²) in [6, 6.07) is -0.248. The Morgan fingerprint density at radius 2 is 1.96 bits per heavy atom. The Hall–Kier alpha value is -2.23. The predicted molar refractivity (Wildman–Crippen MR) is 89.5 cm³/mol. The largest absolute Gasteiger partial charge is 0.325 e. The number of aromatic nitrogens is 5. The molecule has 3 heterocycles. The Morgan fingerprint density at radius 3 is 2.56 bits per heavy atom. The van der Waals surface area contributed by atoms with Gasteiger partial charge in [0.15, 0.2) is 15.7 Å². The van der Waals surface area contributed by atoms with Crippen LogP contribution in [0.15, 0.2) is 9.59 Å². The van der Waals surface area contributed by atoms with Crippen molar-refractivity contribution < 1.29 is 8.42 Å². The molecule has 9 nitrogen and oxygen atoms in total. The molecular weight excluding hydrogens is 346 g/mol. The predicted octanol–water partition coefficient (Wildman–Crippen LogP) is -0.209. The van der Waals surface area contributed by atoms with Crippen molar-refractivity contribution in [3.63, 3.8) is 0 Å². The van der Waals surface area contributed by atoms with Gasteiger partial charge in [0.2, 0.25) is 0 Å². The summed E-state index contributed by atoms with van der Waals surface area (Å²) >= 11 is 0. The molecule has 25 heavy (non-hydrogen) atoms. The van der Waals surface area contributed by atoms with E-state index in [1.807, 2.05) is 0 Å². The summed E-state index contributed by atoms with van der Waals surface area (Å²) in [7, 11) is -3.05. The number of sulfone groups is 1. The zero-order chi connectivity index (χ0) is 17.8. The van der Waals surface area contributed by atoms with E-state index in [1.165, 1.54) is 0 Å². The zero-order valence-electron chi connectivity index (χ0n) is 13.8. The average Bonchev–Trinajstić information content (AvgIpc) is 3.18. The quantitative estimate of drug-likeness (QED) is 0.771. The van der Waals surface area contributed by atoms with Gasteiger partial charge >= 0.3 is 5.69 Å². The van der Waals surface area contributed by atoms with Crippen LogP contribution in [0.25, 0.3) is 0 Å². The van der Waals surface area contributed by atoms with Gasteiger partial charge in [0.25, 0.3) is 5.56 Å². The number of hydrogen-bond acceptors (Lipinski definition) is 6. The Kier molecular flexibility index (Phi) is 3.67. The van der Waals surface area contributed by atoms with E-state index in [9.17, 15) is 18.0 Å². The molecule has 2 aromatic heterocycles. The molecule has 4 rings (SSSR count). The van der Waals surface area contributed by atoms with Crippen LogP contribution in [-0.2, 0) is 16.3 Å². The van der Waals surface area contributed by atoms with Crippen molar-refractivity contribution in [1.82, 2.24) is 24.7 Å². The standard InChI is InChI=1S/C15H19N5O4S/c1-8-11(14(21)18-15(22)16-8)6-12-17-13(9-2-3-9)19-20(12)10-4-5-25(23,24)7-10/h9-10H,2-7H2,1H3,(H2,16,18,21,22)/t10-/m1/s1. The molecule has 0 spiro atoms. The van der Waals surface area contributed by atoms with Gasteiger partial charge in [-0.25, -0.2) is 22.9 Å². The van der Waals surface area contributed by atoms with Gasteiger partial charge in [-0.1, -0.05) is 0 Å². The van der Waals surface area contributed by atoms with E-state index in [-0.39, 0.29) is 24.0 Å². The van der Waals surface area contributed by atoms with Crippen molar-refractivity contribution in [3.8, 4) is 0 Å². The minimum absolute atomic E-state index is 0.0500. The molecule has 1 saturated heterocycles. The molecule has 2 N–H and O–H groups in total. The van der Waals surface area contributed by atoms with E-state index in [1.54, 1.807) is 11.6 Å². The molecule has 0 radical (unpaired) electrons. The number of hydrogen-bond donors (Lipinski definition) is 2. The molecule has 1 aliphatic carbocycles.